The Morgan fingerprint density at radius 2 is 1.80 bits per heavy atom. The Hall–Kier alpha value is -1.23. The van der Waals surface area contributed by atoms with Crippen molar-refractivity contribution in [3.8, 4) is 5.75 Å². The number of benzene rings is 1. The topological polar surface area (TPSA) is 35.2 Å². The fourth-order valence-corrected chi connectivity index (χ4v) is 1.13. The highest BCUT2D eigenvalue weighted by Crippen LogP contribution is 2.22. The van der Waals surface area contributed by atoms with E-state index < -0.39 is 12.2 Å². The van der Waals surface area contributed by atoms with E-state index in [2.05, 4.69) is 0 Å². The molecule has 1 aromatic rings. The van der Waals surface area contributed by atoms with Gasteiger partial charge in [0.05, 0.1) is 7.11 Å². The molecule has 0 saturated carbocycles. The molecule has 2 N–H and O–H groups in total. The van der Waals surface area contributed by atoms with Gasteiger partial charge in [-0.25, -0.2) is 0 Å². The molecule has 0 aliphatic heterocycles. The van der Waals surface area contributed by atoms with E-state index in [1.165, 1.54) is 7.11 Å². The molecule has 0 bridgehead atoms. The Kier molecular flexibility index (Phi) is 3.57. The highest BCUT2D eigenvalue weighted by Gasteiger charge is 2.36. The van der Waals surface area contributed by atoms with Gasteiger partial charge in [-0.05, 0) is 24.1 Å². The summed E-state index contributed by atoms with van der Waals surface area (Å²) in [4.78, 5) is 0. The predicted octanol–water partition coefficient (Wildman–Crippen LogP) is 2.13. The van der Waals surface area contributed by atoms with E-state index in [9.17, 15) is 13.2 Å². The van der Waals surface area contributed by atoms with Crippen LogP contribution in [0.15, 0.2) is 24.3 Å². The molecule has 1 rings (SSSR count). The quantitative estimate of drug-likeness (QED) is 0.845. The molecule has 0 spiro atoms. The lowest BCUT2D eigenvalue weighted by Gasteiger charge is -2.15. The van der Waals surface area contributed by atoms with E-state index in [-0.39, 0.29) is 6.42 Å². The zero-order chi connectivity index (χ0) is 11.5. The number of methoxy groups -OCH3 is 1. The van der Waals surface area contributed by atoms with Crippen LogP contribution in [0.3, 0.4) is 0 Å². The summed E-state index contributed by atoms with van der Waals surface area (Å²) in [7, 11) is 1.50. The molecule has 1 unspecified atom stereocenters. The van der Waals surface area contributed by atoms with E-state index in [1.807, 2.05) is 0 Å². The molecule has 15 heavy (non-hydrogen) atoms. The minimum Gasteiger partial charge on any atom is -0.497 e. The fourth-order valence-electron chi connectivity index (χ4n) is 1.13. The Bertz CT molecular complexity index is 307. The first-order chi connectivity index (χ1) is 6.93. The highest BCUT2D eigenvalue weighted by atomic mass is 19.4. The monoisotopic (exact) mass is 219 g/mol. The zero-order valence-electron chi connectivity index (χ0n) is 8.21. The SMILES string of the molecule is COc1ccc(CC(N)C(F)(F)F)cc1. The Morgan fingerprint density at radius 1 is 1.27 bits per heavy atom. The lowest BCUT2D eigenvalue weighted by atomic mass is 10.1. The Morgan fingerprint density at radius 3 is 2.20 bits per heavy atom. The van der Waals surface area contributed by atoms with Crippen LogP contribution in [0.25, 0.3) is 0 Å². The van der Waals surface area contributed by atoms with Gasteiger partial charge in [0, 0.05) is 0 Å². The minimum atomic E-state index is -4.35. The third-order valence-corrected chi connectivity index (χ3v) is 2.04. The van der Waals surface area contributed by atoms with E-state index in [0.717, 1.165) is 0 Å². The van der Waals surface area contributed by atoms with Crippen molar-refractivity contribution in [2.75, 3.05) is 7.11 Å². The van der Waals surface area contributed by atoms with Crippen molar-refractivity contribution in [2.45, 2.75) is 18.6 Å². The summed E-state index contributed by atoms with van der Waals surface area (Å²) >= 11 is 0. The van der Waals surface area contributed by atoms with Gasteiger partial charge in [-0.15, -0.1) is 0 Å². The van der Waals surface area contributed by atoms with E-state index in [0.29, 0.717) is 11.3 Å². The fraction of sp³-hybridized carbons (Fsp3) is 0.400. The third-order valence-electron chi connectivity index (χ3n) is 2.04. The lowest BCUT2D eigenvalue weighted by molar-refractivity contribution is -0.147. The predicted molar refractivity (Wildman–Crippen MR) is 50.7 cm³/mol. The molecule has 84 valence electrons. The van der Waals surface area contributed by atoms with Crippen molar-refractivity contribution in [3.05, 3.63) is 29.8 Å². The van der Waals surface area contributed by atoms with Gasteiger partial charge in [0.25, 0.3) is 0 Å². The van der Waals surface area contributed by atoms with Crippen LogP contribution >= 0.6 is 0 Å². The van der Waals surface area contributed by atoms with Gasteiger partial charge in [-0.1, -0.05) is 12.1 Å². The first-order valence-corrected chi connectivity index (χ1v) is 4.38. The number of ether oxygens (including phenoxy) is 1. The number of alkyl halides is 3. The van der Waals surface area contributed by atoms with Crippen LogP contribution < -0.4 is 10.5 Å². The highest BCUT2D eigenvalue weighted by molar-refractivity contribution is 5.27. The smallest absolute Gasteiger partial charge is 0.403 e. The first-order valence-electron chi connectivity index (χ1n) is 4.38. The van der Waals surface area contributed by atoms with E-state index in [4.69, 9.17) is 10.5 Å². The second-order valence-corrected chi connectivity index (χ2v) is 3.20. The van der Waals surface area contributed by atoms with Crippen LogP contribution in [0.1, 0.15) is 5.56 Å². The minimum absolute atomic E-state index is 0.215. The van der Waals surface area contributed by atoms with Gasteiger partial charge in [0.15, 0.2) is 0 Å². The number of hydrogen-bond acceptors (Lipinski definition) is 2. The summed E-state index contributed by atoms with van der Waals surface area (Å²) < 4.78 is 41.3. The maximum atomic E-state index is 12.1. The Labute approximate surface area is 85.8 Å². The van der Waals surface area contributed by atoms with Crippen LogP contribution in [0, 0.1) is 0 Å². The molecule has 5 heteroatoms. The van der Waals surface area contributed by atoms with Crippen molar-refractivity contribution in [1.29, 1.82) is 0 Å². The van der Waals surface area contributed by atoms with Gasteiger partial charge in [-0.2, -0.15) is 13.2 Å². The normalized spacial score (nSPS) is 13.7. The van der Waals surface area contributed by atoms with E-state index in [1.54, 1.807) is 24.3 Å². The average molecular weight is 219 g/mol. The van der Waals surface area contributed by atoms with Crippen molar-refractivity contribution in [3.63, 3.8) is 0 Å². The van der Waals surface area contributed by atoms with Gasteiger partial charge in [0.2, 0.25) is 0 Å². The Balaban J connectivity index is 2.65. The second kappa shape index (κ2) is 4.53. The van der Waals surface area contributed by atoms with Crippen LogP contribution in [0.5, 0.6) is 5.75 Å². The molecule has 0 aromatic heterocycles. The van der Waals surface area contributed by atoms with E-state index >= 15 is 0 Å². The second-order valence-electron chi connectivity index (χ2n) is 3.20. The molecule has 1 atom stereocenters. The summed E-state index contributed by atoms with van der Waals surface area (Å²) in [5.74, 6) is 0.610. The number of halogens is 3. The van der Waals surface area contributed by atoms with Crippen LogP contribution in [-0.2, 0) is 6.42 Å². The van der Waals surface area contributed by atoms with Crippen LogP contribution in [0.4, 0.5) is 13.2 Å². The number of hydrogen-bond donors (Lipinski definition) is 1. The van der Waals surface area contributed by atoms with Gasteiger partial charge < -0.3 is 10.5 Å². The standard InChI is InChI=1S/C10H12F3NO/c1-15-8-4-2-7(3-5-8)6-9(14)10(11,12)13/h2-5,9H,6,14H2,1H3. The average Bonchev–Trinajstić information content (AvgIpc) is 2.17. The number of nitrogens with two attached hydrogens (primary N) is 1. The lowest BCUT2D eigenvalue weighted by Crippen LogP contribution is -2.39. The van der Waals surface area contributed by atoms with Crippen LogP contribution in [-0.4, -0.2) is 19.3 Å². The maximum absolute atomic E-state index is 12.1. The molecule has 0 saturated heterocycles. The molecule has 2 nitrogen and oxygen atoms in total. The molecule has 0 aliphatic rings. The molecule has 0 fully saturated rings. The molecule has 1 aromatic carbocycles. The molecule has 0 heterocycles. The summed E-state index contributed by atoms with van der Waals surface area (Å²) in [6, 6.07) is 4.55. The first kappa shape index (κ1) is 11.8. The van der Waals surface area contributed by atoms with Gasteiger partial charge in [-0.3, -0.25) is 0 Å². The maximum Gasteiger partial charge on any atom is 0.403 e. The summed E-state index contributed by atoms with van der Waals surface area (Å²) in [6.45, 7) is 0. The van der Waals surface area contributed by atoms with Crippen molar-refractivity contribution < 1.29 is 17.9 Å². The molecular formula is C10H12F3NO. The van der Waals surface area contributed by atoms with Crippen LogP contribution in [0.2, 0.25) is 0 Å². The van der Waals surface area contributed by atoms with Gasteiger partial charge in [0.1, 0.15) is 11.8 Å². The molecule has 0 aliphatic carbocycles. The van der Waals surface area contributed by atoms with Crippen molar-refractivity contribution in [1.82, 2.24) is 0 Å². The summed E-state index contributed by atoms with van der Waals surface area (Å²) in [6.07, 6.45) is -4.56. The summed E-state index contributed by atoms with van der Waals surface area (Å²) in [5, 5.41) is 0. The largest absolute Gasteiger partial charge is 0.497 e. The molecular weight excluding hydrogens is 207 g/mol. The zero-order valence-corrected chi connectivity index (χ0v) is 8.21. The third kappa shape index (κ3) is 3.43. The van der Waals surface area contributed by atoms with Crippen molar-refractivity contribution >= 4 is 0 Å². The summed E-state index contributed by atoms with van der Waals surface area (Å²) in [5.41, 5.74) is 5.54. The molecule has 0 amide bonds. The van der Waals surface area contributed by atoms with Crippen molar-refractivity contribution in [2.24, 2.45) is 5.73 Å². The van der Waals surface area contributed by atoms with Gasteiger partial charge >= 0.3 is 6.18 Å². The number of rotatable bonds is 3. The molecule has 0 radical (unpaired) electrons.